The van der Waals surface area contributed by atoms with Crippen molar-refractivity contribution in [1.29, 1.82) is 0 Å². The average Bonchev–Trinajstić information content (AvgIpc) is 3.10. The Hall–Kier alpha value is -1.83. The second-order valence-electron chi connectivity index (χ2n) is 5.68. The molecule has 0 radical (unpaired) electrons. The monoisotopic (exact) mass is 350 g/mol. The lowest BCUT2D eigenvalue weighted by Crippen LogP contribution is -2.37. The fraction of sp³-hybridized carbons (Fsp3) is 0.267. The number of aromatic nitrogens is 3. The minimum Gasteiger partial charge on any atom is -0.342 e. The van der Waals surface area contributed by atoms with Gasteiger partial charge in [-0.15, -0.1) is 0 Å². The SMILES string of the molecule is Cn1cc(S(=O)(=O)N2CCn3c(cc4ccc(Cl)cc43)C2)cn1. The third-order valence-corrected chi connectivity index (χ3v) is 6.22. The molecule has 0 unspecified atom stereocenters. The van der Waals surface area contributed by atoms with Crippen LogP contribution in [-0.2, 0) is 30.2 Å². The van der Waals surface area contributed by atoms with Gasteiger partial charge < -0.3 is 4.57 Å². The molecule has 0 spiro atoms. The highest BCUT2D eigenvalue weighted by atomic mass is 35.5. The topological polar surface area (TPSA) is 60.1 Å². The molecule has 23 heavy (non-hydrogen) atoms. The Morgan fingerprint density at radius 1 is 1.22 bits per heavy atom. The summed E-state index contributed by atoms with van der Waals surface area (Å²) in [6.07, 6.45) is 2.92. The Morgan fingerprint density at radius 3 is 2.78 bits per heavy atom. The second kappa shape index (κ2) is 5.09. The maximum Gasteiger partial charge on any atom is 0.246 e. The van der Waals surface area contributed by atoms with Gasteiger partial charge in [-0.25, -0.2) is 8.42 Å². The van der Waals surface area contributed by atoms with E-state index in [1.807, 2.05) is 24.3 Å². The van der Waals surface area contributed by atoms with Gasteiger partial charge in [0.05, 0.1) is 12.7 Å². The van der Waals surface area contributed by atoms with Crippen LogP contribution in [0, 0.1) is 0 Å². The second-order valence-corrected chi connectivity index (χ2v) is 8.05. The van der Waals surface area contributed by atoms with E-state index in [0.717, 1.165) is 16.6 Å². The molecule has 0 saturated carbocycles. The normalized spacial score (nSPS) is 15.9. The summed E-state index contributed by atoms with van der Waals surface area (Å²) < 4.78 is 30.6. The van der Waals surface area contributed by atoms with Crippen LogP contribution in [0.3, 0.4) is 0 Å². The van der Waals surface area contributed by atoms with Crippen LogP contribution in [0.2, 0.25) is 5.02 Å². The number of aryl methyl sites for hydroxylation is 1. The van der Waals surface area contributed by atoms with Crippen molar-refractivity contribution in [3.8, 4) is 0 Å². The fourth-order valence-corrected chi connectivity index (χ4v) is 4.59. The van der Waals surface area contributed by atoms with E-state index in [0.29, 0.717) is 24.7 Å². The first-order valence-corrected chi connectivity index (χ1v) is 9.03. The predicted molar refractivity (Wildman–Crippen MR) is 87.8 cm³/mol. The number of hydrogen-bond donors (Lipinski definition) is 0. The van der Waals surface area contributed by atoms with E-state index < -0.39 is 10.0 Å². The highest BCUT2D eigenvalue weighted by Gasteiger charge is 2.30. The zero-order valence-corrected chi connectivity index (χ0v) is 14.0. The lowest BCUT2D eigenvalue weighted by molar-refractivity contribution is 0.345. The van der Waals surface area contributed by atoms with Crippen molar-refractivity contribution in [3.05, 3.63) is 47.4 Å². The molecule has 4 rings (SSSR count). The molecule has 1 aliphatic rings. The van der Waals surface area contributed by atoms with Crippen molar-refractivity contribution in [2.75, 3.05) is 6.54 Å². The van der Waals surface area contributed by atoms with E-state index >= 15 is 0 Å². The molecule has 0 atom stereocenters. The molecule has 0 aliphatic carbocycles. The number of nitrogens with zero attached hydrogens (tertiary/aromatic N) is 4. The van der Waals surface area contributed by atoms with Crippen LogP contribution in [-0.4, -0.2) is 33.6 Å². The van der Waals surface area contributed by atoms with Crippen LogP contribution in [0.4, 0.5) is 0 Å². The highest BCUT2D eigenvalue weighted by Crippen LogP contribution is 2.28. The molecule has 0 amide bonds. The van der Waals surface area contributed by atoms with Gasteiger partial charge in [0.2, 0.25) is 10.0 Å². The molecule has 3 heterocycles. The molecule has 2 aromatic heterocycles. The molecule has 8 heteroatoms. The quantitative estimate of drug-likeness (QED) is 0.712. The van der Waals surface area contributed by atoms with Gasteiger partial charge in [-0.2, -0.15) is 9.40 Å². The standard InChI is InChI=1S/C15H15ClN4O2S/c1-18-10-14(8-17-18)23(21,22)19-4-5-20-13(9-19)6-11-2-3-12(16)7-15(11)20/h2-3,6-8,10H,4-5,9H2,1H3. The Kier molecular flexibility index (Phi) is 3.26. The Balaban J connectivity index is 1.73. The number of rotatable bonds is 2. The summed E-state index contributed by atoms with van der Waals surface area (Å²) in [5.74, 6) is 0. The van der Waals surface area contributed by atoms with Gasteiger partial charge in [0.15, 0.2) is 0 Å². The number of benzene rings is 1. The van der Waals surface area contributed by atoms with Gasteiger partial charge in [-0.05, 0) is 18.2 Å². The van der Waals surface area contributed by atoms with Crippen LogP contribution in [0.15, 0.2) is 41.6 Å². The third kappa shape index (κ3) is 2.36. The summed E-state index contributed by atoms with van der Waals surface area (Å²) in [6, 6.07) is 7.76. The summed E-state index contributed by atoms with van der Waals surface area (Å²) >= 11 is 6.07. The van der Waals surface area contributed by atoms with Crippen LogP contribution in [0.25, 0.3) is 10.9 Å². The summed E-state index contributed by atoms with van der Waals surface area (Å²) in [4.78, 5) is 0.229. The molecule has 6 nitrogen and oxygen atoms in total. The van der Waals surface area contributed by atoms with Crippen LogP contribution in [0.5, 0.6) is 0 Å². The van der Waals surface area contributed by atoms with Gasteiger partial charge in [0, 0.05) is 48.0 Å². The third-order valence-electron chi connectivity index (χ3n) is 4.18. The molecular weight excluding hydrogens is 336 g/mol. The molecule has 1 aromatic carbocycles. The van der Waals surface area contributed by atoms with E-state index in [2.05, 4.69) is 9.67 Å². The minimum atomic E-state index is -3.52. The van der Waals surface area contributed by atoms with Crippen LogP contribution in [0.1, 0.15) is 5.69 Å². The Bertz CT molecular complexity index is 1010. The zero-order valence-electron chi connectivity index (χ0n) is 12.5. The molecule has 0 bridgehead atoms. The van der Waals surface area contributed by atoms with E-state index in [1.54, 1.807) is 7.05 Å². The summed E-state index contributed by atoms with van der Waals surface area (Å²) in [5, 5.41) is 5.72. The first kappa shape index (κ1) is 14.7. The molecule has 120 valence electrons. The summed E-state index contributed by atoms with van der Waals surface area (Å²) in [6.45, 7) is 1.39. The minimum absolute atomic E-state index is 0.229. The first-order valence-electron chi connectivity index (χ1n) is 7.21. The van der Waals surface area contributed by atoms with Gasteiger partial charge in [-0.3, -0.25) is 4.68 Å². The van der Waals surface area contributed by atoms with Crippen molar-refractivity contribution < 1.29 is 8.42 Å². The van der Waals surface area contributed by atoms with Crippen LogP contribution < -0.4 is 0 Å². The first-order chi connectivity index (χ1) is 10.9. The Morgan fingerprint density at radius 2 is 2.04 bits per heavy atom. The zero-order chi connectivity index (χ0) is 16.2. The summed E-state index contributed by atoms with van der Waals surface area (Å²) in [7, 11) is -1.81. The van der Waals surface area contributed by atoms with Crippen molar-refractivity contribution in [3.63, 3.8) is 0 Å². The average molecular weight is 351 g/mol. The largest absolute Gasteiger partial charge is 0.342 e. The Labute approximate surface area is 138 Å². The van der Waals surface area contributed by atoms with Crippen molar-refractivity contribution in [2.45, 2.75) is 18.0 Å². The lowest BCUT2D eigenvalue weighted by Gasteiger charge is -2.27. The lowest BCUT2D eigenvalue weighted by atomic mass is 10.2. The molecule has 0 saturated heterocycles. The number of sulfonamides is 1. The molecule has 1 aliphatic heterocycles. The van der Waals surface area contributed by atoms with Crippen LogP contribution >= 0.6 is 11.6 Å². The molecular formula is C15H15ClN4O2S. The maximum atomic E-state index is 12.7. The molecule has 3 aromatic rings. The molecule has 0 fully saturated rings. The van der Waals surface area contributed by atoms with Gasteiger partial charge in [0.1, 0.15) is 4.90 Å². The maximum absolute atomic E-state index is 12.7. The predicted octanol–water partition coefficient (Wildman–Crippen LogP) is 2.23. The highest BCUT2D eigenvalue weighted by molar-refractivity contribution is 7.89. The van der Waals surface area contributed by atoms with Gasteiger partial charge in [0.25, 0.3) is 0 Å². The van der Waals surface area contributed by atoms with Crippen molar-refractivity contribution in [1.82, 2.24) is 18.7 Å². The van der Waals surface area contributed by atoms with Crippen molar-refractivity contribution in [2.24, 2.45) is 7.05 Å². The number of halogens is 1. The number of hydrogen-bond acceptors (Lipinski definition) is 3. The number of fused-ring (bicyclic) bond motifs is 3. The smallest absolute Gasteiger partial charge is 0.246 e. The van der Waals surface area contributed by atoms with E-state index in [9.17, 15) is 8.42 Å². The van der Waals surface area contributed by atoms with Gasteiger partial charge >= 0.3 is 0 Å². The van der Waals surface area contributed by atoms with Crippen molar-refractivity contribution >= 4 is 32.5 Å². The fourth-order valence-electron chi connectivity index (χ4n) is 3.04. The summed E-state index contributed by atoms with van der Waals surface area (Å²) in [5.41, 5.74) is 2.02. The van der Waals surface area contributed by atoms with E-state index in [1.165, 1.54) is 21.4 Å². The molecule has 0 N–H and O–H groups in total. The van der Waals surface area contributed by atoms with E-state index in [4.69, 9.17) is 11.6 Å². The van der Waals surface area contributed by atoms with Gasteiger partial charge in [-0.1, -0.05) is 17.7 Å². The van der Waals surface area contributed by atoms with E-state index in [-0.39, 0.29) is 4.90 Å².